The van der Waals surface area contributed by atoms with Crippen LogP contribution >= 0.6 is 0 Å². The van der Waals surface area contributed by atoms with Gasteiger partial charge in [0.05, 0.1) is 14.2 Å². The summed E-state index contributed by atoms with van der Waals surface area (Å²) in [7, 11) is -0.365. The van der Waals surface area contributed by atoms with Gasteiger partial charge < -0.3 is 18.3 Å². The summed E-state index contributed by atoms with van der Waals surface area (Å²) in [5, 5.41) is 0. The van der Waals surface area contributed by atoms with Crippen molar-refractivity contribution < 1.29 is 18.3 Å². The number of rotatable bonds is 14. The Morgan fingerprint density at radius 2 is 1.00 bits per heavy atom. The van der Waals surface area contributed by atoms with Crippen LogP contribution in [0.3, 0.4) is 0 Å². The van der Waals surface area contributed by atoms with Gasteiger partial charge in [0.2, 0.25) is 16.6 Å². The molecule has 0 aliphatic heterocycles. The lowest BCUT2D eigenvalue weighted by molar-refractivity contribution is 0.247. The third-order valence-corrected chi connectivity index (χ3v) is 7.70. The largest absolute Gasteiger partial charge is 0.545 e. The van der Waals surface area contributed by atoms with Crippen LogP contribution in [0.5, 0.6) is 11.5 Å². The van der Waals surface area contributed by atoms with E-state index < -0.39 is 16.6 Å². The molecule has 0 unspecified atom stereocenters. The van der Waals surface area contributed by atoms with Crippen LogP contribution < -0.4 is 9.47 Å². The first kappa shape index (κ1) is 30.0. The number of benzene rings is 2. The fourth-order valence-electron chi connectivity index (χ4n) is 4.34. The Hall–Kier alpha value is -2.19. The molecule has 0 fully saturated rings. The minimum Gasteiger partial charge on any atom is -0.545 e. The van der Waals surface area contributed by atoms with Crippen molar-refractivity contribution in [3.63, 3.8) is 0 Å². The van der Waals surface area contributed by atoms with Crippen LogP contribution in [0.15, 0.2) is 60.0 Å². The predicted octanol–water partition coefficient (Wildman–Crippen LogP) is 8.46. The van der Waals surface area contributed by atoms with E-state index in [0.717, 1.165) is 48.7 Å². The Balaban J connectivity index is 2.62. The number of hydrogen-bond acceptors (Lipinski definition) is 4. The molecular weight excluding hydrogens is 480 g/mol. The van der Waals surface area contributed by atoms with Crippen LogP contribution in [-0.2, 0) is 21.7 Å². The molecule has 0 aromatic heterocycles. The van der Waals surface area contributed by atoms with Gasteiger partial charge in [-0.3, -0.25) is 0 Å². The average Bonchev–Trinajstić information content (AvgIpc) is 2.82. The third kappa shape index (κ3) is 9.70. The molecule has 0 radical (unpaired) electrons. The summed E-state index contributed by atoms with van der Waals surface area (Å²) in [6, 6.07) is 16.8. The molecule has 0 heterocycles. The Morgan fingerprint density at radius 3 is 1.28 bits per heavy atom. The fourth-order valence-corrected chi connectivity index (χ4v) is 6.20. The van der Waals surface area contributed by atoms with Crippen molar-refractivity contribution in [3.05, 3.63) is 71.2 Å². The van der Waals surface area contributed by atoms with Gasteiger partial charge in [0, 0.05) is 11.8 Å². The molecule has 0 N–H and O–H groups in total. The second-order valence-electron chi connectivity index (χ2n) is 11.5. The average molecular weight is 529 g/mol. The summed E-state index contributed by atoms with van der Waals surface area (Å²) >= 11 is 0. The van der Waals surface area contributed by atoms with Crippen molar-refractivity contribution in [2.75, 3.05) is 14.2 Å². The van der Waals surface area contributed by atoms with E-state index in [2.05, 4.69) is 89.5 Å². The molecule has 0 bridgehead atoms. The normalized spacial score (nSPS) is 14.5. The van der Waals surface area contributed by atoms with Gasteiger partial charge in [-0.05, 0) is 100 Å². The number of methoxy groups -OCH3 is 2. The van der Waals surface area contributed by atoms with Crippen molar-refractivity contribution in [2.45, 2.75) is 78.8 Å². The summed E-state index contributed by atoms with van der Waals surface area (Å²) in [6.07, 6.45) is 3.74. The van der Waals surface area contributed by atoms with Crippen molar-refractivity contribution in [1.82, 2.24) is 0 Å². The van der Waals surface area contributed by atoms with Crippen molar-refractivity contribution in [3.8, 4) is 11.5 Å². The van der Waals surface area contributed by atoms with E-state index in [1.165, 1.54) is 11.1 Å². The molecule has 36 heavy (non-hydrogen) atoms. The maximum atomic E-state index is 6.95. The van der Waals surface area contributed by atoms with Gasteiger partial charge in [0.1, 0.15) is 23.0 Å². The van der Waals surface area contributed by atoms with Gasteiger partial charge in [-0.25, -0.2) is 0 Å². The maximum absolute atomic E-state index is 6.95. The topological polar surface area (TPSA) is 36.9 Å². The summed E-state index contributed by atoms with van der Waals surface area (Å²) in [5.41, 5.74) is 2.51. The maximum Gasteiger partial charge on any atom is 0.241 e. The summed E-state index contributed by atoms with van der Waals surface area (Å²) in [4.78, 5) is 0. The van der Waals surface area contributed by atoms with E-state index in [0.29, 0.717) is 0 Å². The molecule has 2 rings (SSSR count). The van der Waals surface area contributed by atoms with Gasteiger partial charge in [-0.1, -0.05) is 38.1 Å². The molecule has 0 aliphatic carbocycles. The van der Waals surface area contributed by atoms with Gasteiger partial charge >= 0.3 is 0 Å². The van der Waals surface area contributed by atoms with Crippen LogP contribution in [0.25, 0.3) is 0 Å². The molecule has 0 amide bonds. The highest BCUT2D eigenvalue weighted by Gasteiger charge is 2.32. The minimum absolute atomic E-state index is 0.231. The summed E-state index contributed by atoms with van der Waals surface area (Å²) < 4.78 is 24.9. The molecule has 6 heteroatoms. The minimum atomic E-state index is -1.91. The summed E-state index contributed by atoms with van der Waals surface area (Å²) in [5.74, 6) is 4.38. The van der Waals surface area contributed by atoms with Crippen molar-refractivity contribution >= 4 is 16.6 Å². The Morgan fingerprint density at radius 1 is 0.639 bits per heavy atom. The third-order valence-electron chi connectivity index (χ3n) is 6.03. The predicted molar refractivity (Wildman–Crippen MR) is 157 cm³/mol. The van der Waals surface area contributed by atoms with E-state index in [1.807, 2.05) is 12.1 Å². The number of allylic oxidation sites excluding steroid dienone is 2. The lowest BCUT2D eigenvalue weighted by Gasteiger charge is -2.35. The van der Waals surface area contributed by atoms with E-state index in [4.69, 9.17) is 18.3 Å². The van der Waals surface area contributed by atoms with Gasteiger partial charge in [0.25, 0.3) is 0 Å². The standard InChI is InChI=1S/C30H48O4Si2/c1-11-25(19-23-15-13-17-27(21-23)31-3)29(33-35(5,6)7)30(34-36(8,9)10)26(12-2)20-24-16-14-18-28(22-24)32-4/h13-18,21-22,25-26H,11-12,19-20H2,1-10H3/b30-29+/t25-,26-/m1/s1. The quantitative estimate of drug-likeness (QED) is 0.182. The first-order chi connectivity index (χ1) is 16.9. The molecule has 2 aromatic rings. The van der Waals surface area contributed by atoms with Crippen LogP contribution in [0, 0.1) is 11.8 Å². The lowest BCUT2D eigenvalue weighted by atomic mass is 9.88. The van der Waals surface area contributed by atoms with Gasteiger partial charge in [0.15, 0.2) is 0 Å². The van der Waals surface area contributed by atoms with E-state index in [9.17, 15) is 0 Å². The highest BCUT2D eigenvalue weighted by atomic mass is 28.4. The highest BCUT2D eigenvalue weighted by Crippen LogP contribution is 2.36. The Bertz CT molecular complexity index is 909. The zero-order valence-corrected chi connectivity index (χ0v) is 26.2. The van der Waals surface area contributed by atoms with Gasteiger partial charge in [-0.15, -0.1) is 0 Å². The second-order valence-corrected chi connectivity index (χ2v) is 20.3. The molecule has 200 valence electrons. The van der Waals surface area contributed by atoms with E-state index >= 15 is 0 Å². The van der Waals surface area contributed by atoms with Crippen LogP contribution in [0.4, 0.5) is 0 Å². The Labute approximate surface area is 222 Å². The molecule has 2 atom stereocenters. The van der Waals surface area contributed by atoms with E-state index in [1.54, 1.807) is 14.2 Å². The number of hydrogen-bond donors (Lipinski definition) is 0. The second kappa shape index (κ2) is 13.4. The monoisotopic (exact) mass is 528 g/mol. The fraction of sp³-hybridized carbons (Fsp3) is 0.533. The van der Waals surface area contributed by atoms with Crippen molar-refractivity contribution in [1.29, 1.82) is 0 Å². The highest BCUT2D eigenvalue weighted by molar-refractivity contribution is 6.70. The van der Waals surface area contributed by atoms with E-state index in [-0.39, 0.29) is 11.8 Å². The molecule has 0 aliphatic rings. The smallest absolute Gasteiger partial charge is 0.241 e. The van der Waals surface area contributed by atoms with Crippen molar-refractivity contribution in [2.24, 2.45) is 11.8 Å². The molecular formula is C30H48O4Si2. The first-order valence-electron chi connectivity index (χ1n) is 13.3. The molecule has 0 saturated heterocycles. The van der Waals surface area contributed by atoms with Gasteiger partial charge in [-0.2, -0.15) is 0 Å². The van der Waals surface area contributed by atoms with Crippen LogP contribution in [0.2, 0.25) is 39.3 Å². The molecule has 4 nitrogen and oxygen atoms in total. The molecule has 0 spiro atoms. The first-order valence-corrected chi connectivity index (χ1v) is 20.1. The van der Waals surface area contributed by atoms with Crippen LogP contribution in [0.1, 0.15) is 37.8 Å². The van der Waals surface area contributed by atoms with Crippen LogP contribution in [-0.4, -0.2) is 30.9 Å². The number of ether oxygens (including phenoxy) is 2. The zero-order chi connectivity index (χ0) is 26.9. The Kier molecular flexibility index (Phi) is 11.2. The lowest BCUT2D eigenvalue weighted by Crippen LogP contribution is -2.34. The molecule has 2 aromatic carbocycles. The molecule has 0 saturated carbocycles. The zero-order valence-electron chi connectivity index (χ0n) is 24.2. The summed E-state index contributed by atoms with van der Waals surface area (Å²) in [6.45, 7) is 18.1. The SMILES string of the molecule is CC[C@H](Cc1cccc(OC)c1)/C(O[Si](C)(C)C)=C(\O[Si](C)(C)C)[C@H](CC)Cc1cccc(OC)c1.